The molecule has 0 aromatic carbocycles. The third-order valence-corrected chi connectivity index (χ3v) is 7.83. The van der Waals surface area contributed by atoms with Gasteiger partial charge in [0.1, 0.15) is 0 Å². The summed E-state index contributed by atoms with van der Waals surface area (Å²) in [6, 6.07) is 0. The second-order valence-corrected chi connectivity index (χ2v) is 10.9. The van der Waals surface area contributed by atoms with Crippen molar-refractivity contribution in [2.45, 2.75) is 103 Å². The van der Waals surface area contributed by atoms with E-state index in [0.717, 1.165) is 43.3 Å². The van der Waals surface area contributed by atoms with Crippen LogP contribution in [0.4, 0.5) is 0 Å². The fourth-order valence-corrected chi connectivity index (χ4v) is 6.08. The Labute approximate surface area is 183 Å². The Morgan fingerprint density at radius 3 is 2.73 bits per heavy atom. The molecule has 0 unspecified atom stereocenters. The molecule has 0 heterocycles. The summed E-state index contributed by atoms with van der Waals surface area (Å²) in [4.78, 5) is 0. The van der Waals surface area contributed by atoms with Crippen LogP contribution in [0.1, 0.15) is 85.5 Å². The molecule has 3 heteroatoms. The maximum Gasteiger partial charge on any atom is 0.0811 e. The van der Waals surface area contributed by atoms with E-state index in [4.69, 9.17) is 0 Å². The Balaban J connectivity index is 1.71. The first kappa shape index (κ1) is 23.5. The Morgan fingerprint density at radius 1 is 1.30 bits per heavy atom. The average Bonchev–Trinajstić information content (AvgIpc) is 3.00. The quantitative estimate of drug-likeness (QED) is 0.494. The lowest BCUT2D eigenvalue weighted by Gasteiger charge is -2.42. The normalized spacial score (nSPS) is 36.2. The van der Waals surface area contributed by atoms with Crippen molar-refractivity contribution < 1.29 is 15.3 Å². The molecule has 5 atom stereocenters. The van der Waals surface area contributed by atoms with Crippen molar-refractivity contribution in [2.24, 2.45) is 17.3 Å². The van der Waals surface area contributed by atoms with Crippen molar-refractivity contribution in [2.75, 3.05) is 0 Å². The van der Waals surface area contributed by atoms with Gasteiger partial charge in [0.05, 0.1) is 17.8 Å². The molecule has 0 bridgehead atoms. The van der Waals surface area contributed by atoms with Gasteiger partial charge >= 0.3 is 0 Å². The van der Waals surface area contributed by atoms with Gasteiger partial charge in [-0.15, -0.1) is 0 Å². The number of rotatable bonds is 6. The number of aliphatic hydroxyl groups is 3. The molecule has 3 rings (SSSR count). The number of fused-ring (bicyclic) bond motifs is 1. The van der Waals surface area contributed by atoms with Crippen LogP contribution in [0.25, 0.3) is 0 Å². The van der Waals surface area contributed by atoms with Crippen LogP contribution in [-0.2, 0) is 0 Å². The number of allylic oxidation sites excluding steroid dienone is 5. The molecule has 0 saturated heterocycles. The van der Waals surface area contributed by atoms with Crippen molar-refractivity contribution in [1.29, 1.82) is 0 Å². The monoisotopic (exact) mass is 414 g/mol. The van der Waals surface area contributed by atoms with Gasteiger partial charge in [0.15, 0.2) is 0 Å². The molecule has 168 valence electrons. The molecule has 2 saturated carbocycles. The van der Waals surface area contributed by atoms with Gasteiger partial charge < -0.3 is 15.3 Å². The summed E-state index contributed by atoms with van der Waals surface area (Å²) in [5.41, 5.74) is 4.55. The average molecular weight is 415 g/mol. The van der Waals surface area contributed by atoms with E-state index in [0.29, 0.717) is 24.7 Å². The fraction of sp³-hybridized carbons (Fsp3) is 0.704. The molecule has 0 spiro atoms. The first-order valence-electron chi connectivity index (χ1n) is 11.9. The summed E-state index contributed by atoms with van der Waals surface area (Å²) >= 11 is 0. The third-order valence-electron chi connectivity index (χ3n) is 7.83. The zero-order valence-corrected chi connectivity index (χ0v) is 19.5. The SMILES string of the molecule is C=C1/C(=C\C=C2/CCC[C@]3(C)C([C@H](C)CCCC(C)(C)O)=CC[C@@H]23)C[C@H](O)C[C@@H]1O. The van der Waals surface area contributed by atoms with E-state index in [1.807, 2.05) is 13.8 Å². The Morgan fingerprint density at radius 2 is 2.03 bits per heavy atom. The Bertz CT molecular complexity index is 736. The minimum absolute atomic E-state index is 0.235. The number of hydrogen-bond acceptors (Lipinski definition) is 3. The van der Waals surface area contributed by atoms with Crippen LogP contribution in [0.3, 0.4) is 0 Å². The van der Waals surface area contributed by atoms with E-state index in [2.05, 4.69) is 38.7 Å². The van der Waals surface area contributed by atoms with Gasteiger partial charge in [-0.05, 0) is 87.2 Å². The molecule has 3 aliphatic rings. The maximum atomic E-state index is 10.1. The molecular weight excluding hydrogens is 372 g/mol. The van der Waals surface area contributed by atoms with Gasteiger partial charge in [-0.25, -0.2) is 0 Å². The summed E-state index contributed by atoms with van der Waals surface area (Å²) in [5.74, 6) is 1.12. The van der Waals surface area contributed by atoms with E-state index in [9.17, 15) is 15.3 Å². The maximum absolute atomic E-state index is 10.1. The van der Waals surface area contributed by atoms with Gasteiger partial charge in [0.2, 0.25) is 0 Å². The fourth-order valence-electron chi connectivity index (χ4n) is 6.08. The second-order valence-electron chi connectivity index (χ2n) is 10.9. The van der Waals surface area contributed by atoms with E-state index in [1.54, 1.807) is 5.57 Å². The van der Waals surface area contributed by atoms with Crippen molar-refractivity contribution in [3.05, 3.63) is 47.1 Å². The van der Waals surface area contributed by atoms with Gasteiger partial charge in [-0.2, -0.15) is 0 Å². The second kappa shape index (κ2) is 9.14. The summed E-state index contributed by atoms with van der Waals surface area (Å²) in [7, 11) is 0. The molecule has 0 aromatic heterocycles. The zero-order chi connectivity index (χ0) is 22.1. The molecule has 0 aliphatic heterocycles. The largest absolute Gasteiger partial charge is 0.393 e. The van der Waals surface area contributed by atoms with Crippen LogP contribution in [-0.4, -0.2) is 33.1 Å². The molecule has 3 N–H and O–H groups in total. The van der Waals surface area contributed by atoms with Crippen LogP contribution < -0.4 is 0 Å². The van der Waals surface area contributed by atoms with Crippen LogP contribution in [0.15, 0.2) is 47.1 Å². The lowest BCUT2D eigenvalue weighted by Crippen LogP contribution is -2.32. The van der Waals surface area contributed by atoms with Crippen molar-refractivity contribution in [3.8, 4) is 0 Å². The van der Waals surface area contributed by atoms with Gasteiger partial charge in [0.25, 0.3) is 0 Å². The van der Waals surface area contributed by atoms with E-state index in [1.165, 1.54) is 18.4 Å². The highest BCUT2D eigenvalue weighted by Crippen LogP contribution is 2.57. The number of hydrogen-bond donors (Lipinski definition) is 3. The van der Waals surface area contributed by atoms with Crippen molar-refractivity contribution in [1.82, 2.24) is 0 Å². The highest BCUT2D eigenvalue weighted by Gasteiger charge is 2.45. The first-order valence-corrected chi connectivity index (χ1v) is 11.9. The summed E-state index contributed by atoms with van der Waals surface area (Å²) < 4.78 is 0. The highest BCUT2D eigenvalue weighted by atomic mass is 16.3. The zero-order valence-electron chi connectivity index (χ0n) is 19.5. The molecular formula is C27H42O3. The van der Waals surface area contributed by atoms with Crippen LogP contribution in [0.2, 0.25) is 0 Å². The predicted molar refractivity (Wildman–Crippen MR) is 124 cm³/mol. The first-order chi connectivity index (χ1) is 14.0. The molecule has 2 fully saturated rings. The van der Waals surface area contributed by atoms with E-state index < -0.39 is 17.8 Å². The topological polar surface area (TPSA) is 60.7 Å². The molecule has 0 amide bonds. The molecule has 3 nitrogen and oxygen atoms in total. The lowest BCUT2D eigenvalue weighted by molar-refractivity contribution is 0.0670. The molecule has 0 radical (unpaired) electrons. The summed E-state index contributed by atoms with van der Waals surface area (Å²) in [6.07, 6.45) is 14.5. The van der Waals surface area contributed by atoms with E-state index >= 15 is 0 Å². The minimum Gasteiger partial charge on any atom is -0.393 e. The van der Waals surface area contributed by atoms with Crippen LogP contribution in [0.5, 0.6) is 0 Å². The van der Waals surface area contributed by atoms with Gasteiger partial charge in [-0.3, -0.25) is 0 Å². The van der Waals surface area contributed by atoms with Crippen LogP contribution in [0, 0.1) is 17.3 Å². The van der Waals surface area contributed by atoms with Crippen molar-refractivity contribution >= 4 is 0 Å². The Hall–Kier alpha value is -1.16. The summed E-state index contributed by atoms with van der Waals surface area (Å²) in [6.45, 7) is 12.7. The number of aliphatic hydroxyl groups excluding tert-OH is 2. The molecule has 3 aliphatic carbocycles. The third kappa shape index (κ3) is 5.18. The minimum atomic E-state index is -0.625. The molecule has 0 aromatic rings. The van der Waals surface area contributed by atoms with E-state index in [-0.39, 0.29) is 5.41 Å². The lowest BCUT2D eigenvalue weighted by atomic mass is 9.62. The van der Waals surface area contributed by atoms with Gasteiger partial charge in [-0.1, -0.05) is 56.2 Å². The molecule has 30 heavy (non-hydrogen) atoms. The smallest absolute Gasteiger partial charge is 0.0811 e. The Kier molecular flexibility index (Phi) is 7.16. The standard InChI is InChI=1S/C27H42O3/c1-18(8-6-14-26(3,4)30)23-12-13-24-20(9-7-15-27(23,24)5)10-11-21-16-22(28)17-25(29)19(21)2/h10-12,18,22,24-25,28-30H,2,6-9,13-17H2,1,3-5H3/b20-10+,21-11-/t18-,22+,24+,25+,27-/m1/s1. The van der Waals surface area contributed by atoms with Gasteiger partial charge in [0, 0.05) is 6.42 Å². The highest BCUT2D eigenvalue weighted by molar-refractivity contribution is 5.40. The van der Waals surface area contributed by atoms with Crippen LogP contribution >= 0.6 is 0 Å². The summed E-state index contributed by atoms with van der Waals surface area (Å²) in [5, 5.41) is 30.2. The van der Waals surface area contributed by atoms with Crippen molar-refractivity contribution in [3.63, 3.8) is 0 Å². The predicted octanol–water partition coefficient (Wildman–Crippen LogP) is 5.62.